The van der Waals surface area contributed by atoms with Crippen molar-refractivity contribution >= 4 is 17.9 Å². The van der Waals surface area contributed by atoms with Crippen molar-refractivity contribution in [2.45, 2.75) is 57.3 Å². The molecule has 0 aliphatic carbocycles. The molecule has 10 heteroatoms. The van der Waals surface area contributed by atoms with Gasteiger partial charge in [-0.25, -0.2) is 9.59 Å². The predicted molar refractivity (Wildman–Crippen MR) is 149 cm³/mol. The van der Waals surface area contributed by atoms with Gasteiger partial charge in [0, 0.05) is 6.92 Å². The molecule has 42 heavy (non-hydrogen) atoms. The maximum absolute atomic E-state index is 13.3. The highest BCUT2D eigenvalue weighted by molar-refractivity contribution is 5.89. The van der Waals surface area contributed by atoms with E-state index in [2.05, 4.69) is 0 Å². The molecule has 1 N–H and O–H groups in total. The molecule has 4 rings (SSSR count). The lowest BCUT2D eigenvalue weighted by Gasteiger charge is -2.44. The number of esters is 3. The first kappa shape index (κ1) is 30.9. The second kappa shape index (κ2) is 15.2. The van der Waals surface area contributed by atoms with Gasteiger partial charge in [-0.3, -0.25) is 4.79 Å². The van der Waals surface area contributed by atoms with Gasteiger partial charge in [0.1, 0.15) is 24.9 Å². The average molecular weight is 579 g/mol. The molecule has 0 amide bonds. The molecule has 0 saturated carbocycles. The second-order valence-electron chi connectivity index (χ2n) is 9.51. The van der Waals surface area contributed by atoms with Gasteiger partial charge in [0.15, 0.2) is 18.5 Å². The van der Waals surface area contributed by atoms with E-state index in [1.54, 1.807) is 67.6 Å². The van der Waals surface area contributed by atoms with Crippen LogP contribution in [0.5, 0.6) is 0 Å². The van der Waals surface area contributed by atoms with Crippen LogP contribution in [0.4, 0.5) is 0 Å². The molecule has 3 aromatic carbocycles. The summed E-state index contributed by atoms with van der Waals surface area (Å²) in [5.74, 6) is -1.99. The minimum Gasteiger partial charge on any atom is -0.464 e. The number of hydrogen-bond donors (Lipinski definition) is 1. The largest absolute Gasteiger partial charge is 0.464 e. The van der Waals surface area contributed by atoms with Crippen molar-refractivity contribution in [2.24, 2.45) is 0 Å². The van der Waals surface area contributed by atoms with Crippen LogP contribution >= 0.6 is 0 Å². The third kappa shape index (κ3) is 8.23. The Morgan fingerprint density at radius 2 is 1.45 bits per heavy atom. The number of aliphatic hydroxyl groups excluding tert-OH is 1. The number of carbonyl (C=O) groups excluding carboxylic acids is 3. The van der Waals surface area contributed by atoms with E-state index >= 15 is 0 Å². The third-order valence-electron chi connectivity index (χ3n) is 6.49. The first-order chi connectivity index (χ1) is 20.4. The van der Waals surface area contributed by atoms with Crippen LogP contribution in [0.3, 0.4) is 0 Å². The van der Waals surface area contributed by atoms with E-state index in [0.29, 0.717) is 5.56 Å². The maximum atomic E-state index is 13.3. The minimum atomic E-state index is -1.70. The summed E-state index contributed by atoms with van der Waals surface area (Å²) in [6.45, 7) is 2.78. The molecule has 222 valence electrons. The van der Waals surface area contributed by atoms with Crippen molar-refractivity contribution in [3.63, 3.8) is 0 Å². The van der Waals surface area contributed by atoms with Crippen LogP contribution < -0.4 is 0 Å². The molecule has 0 spiro atoms. The molecule has 0 radical (unpaired) electrons. The van der Waals surface area contributed by atoms with Gasteiger partial charge < -0.3 is 33.5 Å². The van der Waals surface area contributed by atoms with E-state index in [-0.39, 0.29) is 25.4 Å². The van der Waals surface area contributed by atoms with Crippen molar-refractivity contribution in [1.82, 2.24) is 0 Å². The molecule has 0 bridgehead atoms. The van der Waals surface area contributed by atoms with Crippen LogP contribution in [0.15, 0.2) is 91.0 Å². The van der Waals surface area contributed by atoms with Crippen LogP contribution in [0.1, 0.15) is 41.4 Å². The van der Waals surface area contributed by atoms with Crippen LogP contribution in [0, 0.1) is 0 Å². The van der Waals surface area contributed by atoms with Gasteiger partial charge in [0.05, 0.1) is 18.8 Å². The Hall–Kier alpha value is -4.09. The number of ether oxygens (including phenoxy) is 6. The normalized spacial score (nSPS) is 22.5. The van der Waals surface area contributed by atoms with Crippen molar-refractivity contribution in [3.8, 4) is 0 Å². The minimum absolute atomic E-state index is 0.0770. The SMILES string of the molecule is CCOC(=O)[C@H](O[C@H]1C(O)O[C@H](COC(C)=O)[C@@H](OCc2ccccc2)[C@@H]1OC(=O)c1ccccc1)c1ccccc1. The zero-order valence-corrected chi connectivity index (χ0v) is 23.4. The van der Waals surface area contributed by atoms with Crippen LogP contribution in [-0.2, 0) is 44.6 Å². The predicted octanol–water partition coefficient (Wildman–Crippen LogP) is 3.77. The summed E-state index contributed by atoms with van der Waals surface area (Å²) in [5, 5.41) is 11.2. The summed E-state index contributed by atoms with van der Waals surface area (Å²) >= 11 is 0. The molecule has 1 unspecified atom stereocenters. The number of carbonyl (C=O) groups is 3. The third-order valence-corrected chi connectivity index (χ3v) is 6.49. The fourth-order valence-electron chi connectivity index (χ4n) is 4.51. The fraction of sp³-hybridized carbons (Fsp3) is 0.344. The van der Waals surface area contributed by atoms with E-state index < -0.39 is 54.7 Å². The summed E-state index contributed by atoms with van der Waals surface area (Å²) in [6, 6.07) is 26.1. The van der Waals surface area contributed by atoms with Gasteiger partial charge >= 0.3 is 17.9 Å². The van der Waals surface area contributed by atoms with Crippen molar-refractivity contribution < 1.29 is 47.9 Å². The molecule has 1 aliphatic rings. The standard InChI is InChI=1S/C32H34O10/c1-3-37-31(35)26(23-15-9-5-10-16-23)41-29-28(42-30(34)24-17-11-6-12-18-24)27(39-19-22-13-7-4-8-14-22)25(40-32(29)36)20-38-21(2)33/h4-18,25-29,32,36H,3,19-20H2,1-2H3/t25-,26-,27-,28+,29-,32?/m1/s1. The summed E-state index contributed by atoms with van der Waals surface area (Å²) in [4.78, 5) is 38.0. The molecule has 1 saturated heterocycles. The van der Waals surface area contributed by atoms with Gasteiger partial charge in [-0.15, -0.1) is 0 Å². The van der Waals surface area contributed by atoms with E-state index in [0.717, 1.165) is 5.56 Å². The zero-order chi connectivity index (χ0) is 29.9. The topological polar surface area (TPSA) is 127 Å². The Balaban J connectivity index is 1.71. The molecular formula is C32H34O10. The van der Waals surface area contributed by atoms with E-state index in [9.17, 15) is 19.5 Å². The fourth-order valence-corrected chi connectivity index (χ4v) is 4.51. The van der Waals surface area contributed by atoms with Gasteiger partial charge in [-0.1, -0.05) is 78.9 Å². The first-order valence-corrected chi connectivity index (χ1v) is 13.6. The van der Waals surface area contributed by atoms with E-state index in [4.69, 9.17) is 28.4 Å². The Bertz CT molecular complexity index is 1280. The number of rotatable bonds is 12. The molecule has 1 heterocycles. The van der Waals surface area contributed by atoms with Crippen molar-refractivity contribution in [3.05, 3.63) is 108 Å². The van der Waals surface area contributed by atoms with E-state index in [1.807, 2.05) is 30.3 Å². The molecule has 10 nitrogen and oxygen atoms in total. The van der Waals surface area contributed by atoms with Gasteiger partial charge in [-0.05, 0) is 30.2 Å². The summed E-state index contributed by atoms with van der Waals surface area (Å²) in [6.07, 6.45) is -7.81. The van der Waals surface area contributed by atoms with Gasteiger partial charge in [0.2, 0.25) is 0 Å². The van der Waals surface area contributed by atoms with Gasteiger partial charge in [0.25, 0.3) is 0 Å². The van der Waals surface area contributed by atoms with Crippen molar-refractivity contribution in [2.75, 3.05) is 13.2 Å². The summed E-state index contributed by atoms with van der Waals surface area (Å²) in [5.41, 5.74) is 1.52. The Labute approximate surface area is 244 Å². The molecule has 1 fully saturated rings. The highest BCUT2D eigenvalue weighted by Gasteiger charge is 2.51. The molecule has 6 atom stereocenters. The highest BCUT2D eigenvalue weighted by Crippen LogP contribution is 2.33. The number of hydrogen-bond acceptors (Lipinski definition) is 10. The lowest BCUT2D eigenvalue weighted by Crippen LogP contribution is -2.62. The highest BCUT2D eigenvalue weighted by atomic mass is 16.7. The summed E-state index contributed by atoms with van der Waals surface area (Å²) < 4.78 is 34.7. The Morgan fingerprint density at radius 1 is 0.833 bits per heavy atom. The first-order valence-electron chi connectivity index (χ1n) is 13.6. The molecule has 3 aromatic rings. The second-order valence-corrected chi connectivity index (χ2v) is 9.51. The smallest absolute Gasteiger partial charge is 0.339 e. The monoisotopic (exact) mass is 578 g/mol. The van der Waals surface area contributed by atoms with Crippen LogP contribution in [0.25, 0.3) is 0 Å². The average Bonchev–Trinajstić information content (AvgIpc) is 3.00. The molecule has 0 aromatic heterocycles. The van der Waals surface area contributed by atoms with Crippen LogP contribution in [-0.4, -0.2) is 66.9 Å². The van der Waals surface area contributed by atoms with Crippen LogP contribution in [0.2, 0.25) is 0 Å². The van der Waals surface area contributed by atoms with E-state index in [1.165, 1.54) is 6.92 Å². The zero-order valence-electron chi connectivity index (χ0n) is 23.4. The van der Waals surface area contributed by atoms with Gasteiger partial charge in [-0.2, -0.15) is 0 Å². The van der Waals surface area contributed by atoms with Crippen molar-refractivity contribution in [1.29, 1.82) is 0 Å². The molecular weight excluding hydrogens is 544 g/mol. The Kier molecular flexibility index (Phi) is 11.2. The number of aliphatic hydroxyl groups is 1. The summed E-state index contributed by atoms with van der Waals surface area (Å²) in [7, 11) is 0. The lowest BCUT2D eigenvalue weighted by atomic mass is 9.97. The quantitative estimate of drug-likeness (QED) is 0.251. The number of benzene rings is 3. The lowest BCUT2D eigenvalue weighted by molar-refractivity contribution is -0.310. The molecule has 1 aliphatic heterocycles. The maximum Gasteiger partial charge on any atom is 0.339 e. The Morgan fingerprint density at radius 3 is 2.07 bits per heavy atom.